The summed E-state index contributed by atoms with van der Waals surface area (Å²) in [5.41, 5.74) is 2.42. The van der Waals surface area contributed by atoms with Crippen molar-refractivity contribution < 1.29 is 19.0 Å². The maximum Gasteiger partial charge on any atom is 0.407 e. The normalized spacial score (nSPS) is 15.6. The summed E-state index contributed by atoms with van der Waals surface area (Å²) in [6.45, 7) is 4.26. The lowest BCUT2D eigenvalue weighted by Crippen LogP contribution is -2.33. The van der Waals surface area contributed by atoms with Crippen LogP contribution in [0.1, 0.15) is 17.0 Å². The minimum Gasteiger partial charge on any atom is -0.493 e. The van der Waals surface area contributed by atoms with Gasteiger partial charge in [-0.05, 0) is 29.7 Å². The molecule has 1 aliphatic carbocycles. The molecule has 1 atom stereocenters. The molecule has 0 aliphatic heterocycles. The molecule has 0 fully saturated rings. The molecule has 20 heavy (non-hydrogen) atoms. The second-order valence-corrected chi connectivity index (χ2v) is 4.58. The molecule has 1 amide bonds. The van der Waals surface area contributed by atoms with Gasteiger partial charge in [-0.15, -0.1) is 0 Å². The third-order valence-corrected chi connectivity index (χ3v) is 3.38. The highest BCUT2D eigenvalue weighted by Crippen LogP contribution is 2.41. The smallest absolute Gasteiger partial charge is 0.407 e. The first-order valence-electron chi connectivity index (χ1n) is 6.46. The van der Waals surface area contributed by atoms with Crippen molar-refractivity contribution in [2.24, 2.45) is 0 Å². The zero-order valence-corrected chi connectivity index (χ0v) is 11.8. The van der Waals surface area contributed by atoms with Crippen molar-refractivity contribution >= 4 is 6.09 Å². The van der Waals surface area contributed by atoms with Crippen LogP contribution in [-0.4, -0.2) is 33.5 Å². The SMILES string of the molecule is C=CCOC(=O)NC[C@H]1Cc2cc(OC)c(OC)cc21. The molecule has 0 saturated carbocycles. The van der Waals surface area contributed by atoms with E-state index in [0.717, 1.165) is 12.2 Å². The van der Waals surface area contributed by atoms with E-state index < -0.39 is 6.09 Å². The van der Waals surface area contributed by atoms with Gasteiger partial charge in [-0.2, -0.15) is 0 Å². The van der Waals surface area contributed by atoms with Crippen LogP contribution in [0.25, 0.3) is 0 Å². The van der Waals surface area contributed by atoms with Gasteiger partial charge in [-0.1, -0.05) is 12.7 Å². The second kappa shape index (κ2) is 6.32. The van der Waals surface area contributed by atoms with Crippen LogP contribution in [0.3, 0.4) is 0 Å². The average Bonchev–Trinajstić information content (AvgIpc) is 2.45. The van der Waals surface area contributed by atoms with E-state index in [2.05, 4.69) is 11.9 Å². The largest absolute Gasteiger partial charge is 0.493 e. The van der Waals surface area contributed by atoms with E-state index in [0.29, 0.717) is 18.2 Å². The molecule has 2 rings (SSSR count). The van der Waals surface area contributed by atoms with Crippen LogP contribution in [0.4, 0.5) is 4.79 Å². The van der Waals surface area contributed by atoms with Gasteiger partial charge in [0, 0.05) is 12.5 Å². The van der Waals surface area contributed by atoms with Crippen LogP contribution in [0.5, 0.6) is 11.5 Å². The number of carbonyl (C=O) groups is 1. The summed E-state index contributed by atoms with van der Waals surface area (Å²) in [4.78, 5) is 11.4. The van der Waals surface area contributed by atoms with Crippen LogP contribution in [0.2, 0.25) is 0 Å². The van der Waals surface area contributed by atoms with Crippen LogP contribution >= 0.6 is 0 Å². The van der Waals surface area contributed by atoms with E-state index in [-0.39, 0.29) is 6.61 Å². The van der Waals surface area contributed by atoms with Crippen molar-refractivity contribution in [1.29, 1.82) is 0 Å². The first kappa shape index (κ1) is 14.2. The molecule has 1 N–H and O–H groups in total. The molecule has 108 valence electrons. The van der Waals surface area contributed by atoms with Gasteiger partial charge in [0.25, 0.3) is 0 Å². The highest BCUT2D eigenvalue weighted by atomic mass is 16.5. The van der Waals surface area contributed by atoms with Crippen LogP contribution in [0.15, 0.2) is 24.8 Å². The predicted octanol–water partition coefficient (Wildman–Crippen LogP) is 2.26. The standard InChI is InChI=1S/C15H19NO4/c1-4-5-20-15(17)16-9-11-6-10-7-13(18-2)14(19-3)8-12(10)11/h4,7-8,11H,1,5-6,9H2,2-3H3,(H,16,17)/t11-/m1/s1. The zero-order valence-electron chi connectivity index (χ0n) is 11.8. The lowest BCUT2D eigenvalue weighted by atomic mass is 9.77. The first-order valence-corrected chi connectivity index (χ1v) is 6.46. The first-order chi connectivity index (χ1) is 9.69. The molecule has 0 saturated heterocycles. The molecule has 0 unspecified atom stereocenters. The summed E-state index contributed by atoms with van der Waals surface area (Å²) in [6.07, 6.45) is 2.03. The number of ether oxygens (including phenoxy) is 3. The van der Waals surface area contributed by atoms with Crippen molar-refractivity contribution in [2.75, 3.05) is 27.4 Å². The van der Waals surface area contributed by atoms with Crippen LogP contribution < -0.4 is 14.8 Å². The van der Waals surface area contributed by atoms with Gasteiger partial charge in [0.2, 0.25) is 0 Å². The molecule has 5 heteroatoms. The predicted molar refractivity (Wildman–Crippen MR) is 75.5 cm³/mol. The Balaban J connectivity index is 1.95. The lowest BCUT2D eigenvalue weighted by Gasteiger charge is -2.31. The van der Waals surface area contributed by atoms with Gasteiger partial charge in [0.1, 0.15) is 6.61 Å². The van der Waals surface area contributed by atoms with Crippen molar-refractivity contribution in [3.8, 4) is 11.5 Å². The zero-order chi connectivity index (χ0) is 14.5. The fourth-order valence-electron chi connectivity index (χ4n) is 2.31. The van der Waals surface area contributed by atoms with Crippen molar-refractivity contribution in [3.05, 3.63) is 35.9 Å². The number of methoxy groups -OCH3 is 2. The molecular weight excluding hydrogens is 258 g/mol. The van der Waals surface area contributed by atoms with Crippen molar-refractivity contribution in [2.45, 2.75) is 12.3 Å². The summed E-state index contributed by atoms with van der Waals surface area (Å²) < 4.78 is 15.4. The summed E-state index contributed by atoms with van der Waals surface area (Å²) >= 11 is 0. The molecule has 0 bridgehead atoms. The molecule has 0 spiro atoms. The third-order valence-electron chi connectivity index (χ3n) is 3.38. The fourth-order valence-corrected chi connectivity index (χ4v) is 2.31. The van der Waals surface area contributed by atoms with Crippen molar-refractivity contribution in [1.82, 2.24) is 5.32 Å². The molecule has 0 aromatic heterocycles. The topological polar surface area (TPSA) is 56.8 Å². The summed E-state index contributed by atoms with van der Waals surface area (Å²) in [5.74, 6) is 1.74. The van der Waals surface area contributed by atoms with E-state index in [1.165, 1.54) is 17.2 Å². The Morgan fingerprint density at radius 2 is 2.10 bits per heavy atom. The number of hydrogen-bond donors (Lipinski definition) is 1. The molecule has 1 aromatic rings. The number of amides is 1. The Kier molecular flexibility index (Phi) is 4.50. The molecule has 1 aliphatic rings. The van der Waals surface area contributed by atoms with Crippen LogP contribution in [-0.2, 0) is 11.2 Å². The summed E-state index contributed by atoms with van der Waals surface area (Å²) in [6, 6.07) is 3.96. The summed E-state index contributed by atoms with van der Waals surface area (Å²) in [7, 11) is 3.24. The van der Waals surface area contributed by atoms with Gasteiger partial charge in [0.05, 0.1) is 14.2 Å². The Morgan fingerprint density at radius 3 is 2.75 bits per heavy atom. The Bertz CT molecular complexity index is 513. The summed E-state index contributed by atoms with van der Waals surface area (Å²) in [5, 5.41) is 2.75. The van der Waals surface area contributed by atoms with E-state index in [1.54, 1.807) is 14.2 Å². The van der Waals surface area contributed by atoms with E-state index >= 15 is 0 Å². The second-order valence-electron chi connectivity index (χ2n) is 4.58. The molecule has 0 radical (unpaired) electrons. The highest BCUT2D eigenvalue weighted by Gasteiger charge is 2.28. The number of hydrogen-bond acceptors (Lipinski definition) is 4. The van der Waals surface area contributed by atoms with Gasteiger partial charge in [-0.3, -0.25) is 0 Å². The maximum atomic E-state index is 11.4. The van der Waals surface area contributed by atoms with Gasteiger partial charge in [0.15, 0.2) is 11.5 Å². The molecular formula is C15H19NO4. The monoisotopic (exact) mass is 277 g/mol. The quantitative estimate of drug-likeness (QED) is 0.810. The molecule has 0 heterocycles. The van der Waals surface area contributed by atoms with E-state index in [4.69, 9.17) is 14.2 Å². The van der Waals surface area contributed by atoms with Gasteiger partial charge < -0.3 is 19.5 Å². The Morgan fingerprint density at radius 1 is 1.40 bits per heavy atom. The minimum atomic E-state index is -0.418. The Labute approximate surface area is 118 Å². The highest BCUT2D eigenvalue weighted by molar-refractivity contribution is 5.67. The number of benzene rings is 1. The third kappa shape index (κ3) is 2.87. The number of alkyl carbamates (subject to hydrolysis) is 1. The van der Waals surface area contributed by atoms with Crippen molar-refractivity contribution in [3.63, 3.8) is 0 Å². The van der Waals surface area contributed by atoms with E-state index in [9.17, 15) is 4.79 Å². The maximum absolute atomic E-state index is 11.4. The van der Waals surface area contributed by atoms with E-state index in [1.807, 2.05) is 12.1 Å². The fraction of sp³-hybridized carbons (Fsp3) is 0.400. The number of rotatable bonds is 6. The molecule has 1 aromatic carbocycles. The minimum absolute atomic E-state index is 0.220. The lowest BCUT2D eigenvalue weighted by molar-refractivity contribution is 0.157. The van der Waals surface area contributed by atoms with Gasteiger partial charge in [-0.25, -0.2) is 4.79 Å². The number of fused-ring (bicyclic) bond motifs is 1. The molecule has 5 nitrogen and oxygen atoms in total. The number of carbonyl (C=O) groups excluding carboxylic acids is 1. The number of nitrogens with one attached hydrogen (secondary N) is 1. The average molecular weight is 277 g/mol. The van der Waals surface area contributed by atoms with Crippen LogP contribution in [0, 0.1) is 0 Å². The van der Waals surface area contributed by atoms with Gasteiger partial charge >= 0.3 is 6.09 Å². The Hall–Kier alpha value is -2.17.